The molecular weight excluding hydrogens is 214 g/mol. The Balaban J connectivity index is 1.75. The zero-order chi connectivity index (χ0) is 12.1. The molecule has 1 amide bonds. The van der Waals surface area contributed by atoms with Crippen molar-refractivity contribution < 1.29 is 4.79 Å². The number of likely N-dealkylation sites (tertiary alicyclic amines) is 1. The van der Waals surface area contributed by atoms with Gasteiger partial charge in [0.1, 0.15) is 0 Å². The van der Waals surface area contributed by atoms with E-state index in [2.05, 4.69) is 23.2 Å². The second-order valence-electron chi connectivity index (χ2n) is 4.81. The molecule has 0 unspecified atom stereocenters. The van der Waals surface area contributed by atoms with Crippen molar-refractivity contribution in [1.82, 2.24) is 15.1 Å². The molecule has 1 N–H and O–H groups in total. The largest absolute Gasteiger partial charge is 0.358 e. The first kappa shape index (κ1) is 12.3. The van der Waals surface area contributed by atoms with E-state index in [1.54, 1.807) is 0 Å². The fraction of sp³-hybridized carbons (Fsp3) is 0.769. The second-order valence-corrected chi connectivity index (χ2v) is 4.81. The van der Waals surface area contributed by atoms with Crippen LogP contribution in [-0.4, -0.2) is 42.0 Å². The van der Waals surface area contributed by atoms with E-state index in [1.807, 2.05) is 4.90 Å². The predicted octanol–water partition coefficient (Wildman–Crippen LogP) is 1.50. The van der Waals surface area contributed by atoms with E-state index in [-0.39, 0.29) is 5.91 Å². The SMILES string of the molecule is CCCCN1CCC=C1NCN1CCCC1=O. The topological polar surface area (TPSA) is 35.6 Å². The Labute approximate surface area is 104 Å². The van der Waals surface area contributed by atoms with Crippen LogP contribution in [0.2, 0.25) is 0 Å². The molecule has 4 heteroatoms. The van der Waals surface area contributed by atoms with Crippen LogP contribution in [-0.2, 0) is 4.79 Å². The zero-order valence-corrected chi connectivity index (χ0v) is 10.7. The monoisotopic (exact) mass is 237 g/mol. The number of rotatable bonds is 6. The molecule has 0 spiro atoms. The van der Waals surface area contributed by atoms with E-state index >= 15 is 0 Å². The van der Waals surface area contributed by atoms with E-state index < -0.39 is 0 Å². The Bertz CT molecular complexity index is 301. The summed E-state index contributed by atoms with van der Waals surface area (Å²) in [5, 5.41) is 3.41. The number of hydrogen-bond donors (Lipinski definition) is 1. The van der Waals surface area contributed by atoms with E-state index in [0.29, 0.717) is 6.67 Å². The minimum atomic E-state index is 0.288. The Kier molecular flexibility index (Phi) is 4.29. The van der Waals surface area contributed by atoms with Crippen molar-refractivity contribution in [2.24, 2.45) is 0 Å². The number of unbranched alkanes of at least 4 members (excludes halogenated alkanes) is 1. The quantitative estimate of drug-likeness (QED) is 0.760. The highest BCUT2D eigenvalue weighted by Crippen LogP contribution is 2.14. The lowest BCUT2D eigenvalue weighted by Gasteiger charge is -2.25. The first-order valence-corrected chi connectivity index (χ1v) is 6.78. The van der Waals surface area contributed by atoms with Gasteiger partial charge in [0.15, 0.2) is 0 Å². The van der Waals surface area contributed by atoms with E-state index in [0.717, 1.165) is 38.9 Å². The van der Waals surface area contributed by atoms with Crippen molar-refractivity contribution in [3.05, 3.63) is 11.9 Å². The van der Waals surface area contributed by atoms with E-state index in [9.17, 15) is 4.79 Å². The fourth-order valence-corrected chi connectivity index (χ4v) is 2.42. The summed E-state index contributed by atoms with van der Waals surface area (Å²) in [6, 6.07) is 0. The molecule has 2 heterocycles. The van der Waals surface area contributed by atoms with Crippen LogP contribution >= 0.6 is 0 Å². The van der Waals surface area contributed by atoms with Gasteiger partial charge in [-0.15, -0.1) is 0 Å². The number of carbonyl (C=O) groups excluding carboxylic acids is 1. The fourth-order valence-electron chi connectivity index (χ4n) is 2.42. The molecule has 0 aliphatic carbocycles. The van der Waals surface area contributed by atoms with Gasteiger partial charge in [-0.1, -0.05) is 13.3 Å². The maximum atomic E-state index is 11.5. The normalized spacial score (nSPS) is 20.1. The molecule has 4 nitrogen and oxygen atoms in total. The van der Waals surface area contributed by atoms with Crippen LogP contribution in [0.5, 0.6) is 0 Å². The molecule has 0 aromatic carbocycles. The van der Waals surface area contributed by atoms with Crippen LogP contribution in [0, 0.1) is 0 Å². The van der Waals surface area contributed by atoms with Crippen LogP contribution in [0.15, 0.2) is 11.9 Å². The summed E-state index contributed by atoms with van der Waals surface area (Å²) in [5.41, 5.74) is 0. The maximum absolute atomic E-state index is 11.5. The molecule has 0 bridgehead atoms. The summed E-state index contributed by atoms with van der Waals surface area (Å²) in [7, 11) is 0. The summed E-state index contributed by atoms with van der Waals surface area (Å²) in [6.45, 7) is 6.05. The minimum absolute atomic E-state index is 0.288. The summed E-state index contributed by atoms with van der Waals surface area (Å²) < 4.78 is 0. The Morgan fingerprint density at radius 1 is 1.35 bits per heavy atom. The van der Waals surface area contributed by atoms with Crippen molar-refractivity contribution in [3.8, 4) is 0 Å². The van der Waals surface area contributed by atoms with Crippen molar-refractivity contribution in [1.29, 1.82) is 0 Å². The number of hydrogen-bond acceptors (Lipinski definition) is 3. The molecule has 17 heavy (non-hydrogen) atoms. The molecule has 1 saturated heterocycles. The molecule has 2 rings (SSSR count). The van der Waals surface area contributed by atoms with Gasteiger partial charge >= 0.3 is 0 Å². The lowest BCUT2D eigenvalue weighted by molar-refractivity contribution is -0.127. The van der Waals surface area contributed by atoms with Gasteiger partial charge < -0.3 is 15.1 Å². The molecule has 1 fully saturated rings. The van der Waals surface area contributed by atoms with Crippen LogP contribution in [0.3, 0.4) is 0 Å². The summed E-state index contributed by atoms with van der Waals surface area (Å²) >= 11 is 0. The third-order valence-electron chi connectivity index (χ3n) is 3.48. The molecule has 2 aliphatic rings. The molecule has 96 valence electrons. The van der Waals surface area contributed by atoms with Crippen molar-refractivity contribution in [2.45, 2.75) is 39.0 Å². The zero-order valence-electron chi connectivity index (χ0n) is 10.7. The van der Waals surface area contributed by atoms with Gasteiger partial charge in [0.05, 0.1) is 12.5 Å². The minimum Gasteiger partial charge on any atom is -0.358 e. The molecule has 0 radical (unpaired) electrons. The van der Waals surface area contributed by atoms with Crippen LogP contribution in [0.25, 0.3) is 0 Å². The van der Waals surface area contributed by atoms with Crippen LogP contribution < -0.4 is 5.32 Å². The van der Waals surface area contributed by atoms with E-state index in [4.69, 9.17) is 0 Å². The molecular formula is C13H23N3O. The highest BCUT2D eigenvalue weighted by atomic mass is 16.2. The first-order valence-electron chi connectivity index (χ1n) is 6.78. The van der Waals surface area contributed by atoms with Gasteiger partial charge in [-0.2, -0.15) is 0 Å². The Morgan fingerprint density at radius 2 is 2.24 bits per heavy atom. The molecule has 0 saturated carbocycles. The molecule has 0 aromatic rings. The van der Waals surface area contributed by atoms with Crippen LogP contribution in [0.4, 0.5) is 0 Å². The van der Waals surface area contributed by atoms with Gasteiger partial charge in [-0.25, -0.2) is 0 Å². The second kappa shape index (κ2) is 5.94. The van der Waals surface area contributed by atoms with E-state index in [1.165, 1.54) is 18.7 Å². The summed E-state index contributed by atoms with van der Waals surface area (Å²) in [6.07, 6.45) is 7.58. The first-order chi connectivity index (χ1) is 8.31. The molecule has 2 aliphatic heterocycles. The van der Waals surface area contributed by atoms with Gasteiger partial charge in [-0.3, -0.25) is 4.79 Å². The highest BCUT2D eigenvalue weighted by Gasteiger charge is 2.21. The van der Waals surface area contributed by atoms with Gasteiger partial charge in [0.2, 0.25) is 5.91 Å². The number of carbonyl (C=O) groups is 1. The van der Waals surface area contributed by atoms with Crippen molar-refractivity contribution in [3.63, 3.8) is 0 Å². The standard InChI is InChI=1S/C13H23N3O/c1-2-3-8-15-9-4-6-12(15)14-11-16-10-5-7-13(16)17/h6,14H,2-5,7-11H2,1H3. The van der Waals surface area contributed by atoms with Gasteiger partial charge in [0, 0.05) is 26.1 Å². The number of amides is 1. The third-order valence-corrected chi connectivity index (χ3v) is 3.48. The Hall–Kier alpha value is -1.19. The smallest absolute Gasteiger partial charge is 0.224 e. The molecule has 0 atom stereocenters. The average molecular weight is 237 g/mol. The Morgan fingerprint density at radius 3 is 2.94 bits per heavy atom. The van der Waals surface area contributed by atoms with Crippen molar-refractivity contribution >= 4 is 5.91 Å². The van der Waals surface area contributed by atoms with Crippen molar-refractivity contribution in [2.75, 3.05) is 26.3 Å². The predicted molar refractivity (Wildman–Crippen MR) is 68.1 cm³/mol. The summed E-state index contributed by atoms with van der Waals surface area (Å²) in [5.74, 6) is 1.51. The third kappa shape index (κ3) is 3.14. The highest BCUT2D eigenvalue weighted by molar-refractivity contribution is 5.77. The average Bonchev–Trinajstić information content (AvgIpc) is 2.93. The number of nitrogens with zero attached hydrogens (tertiary/aromatic N) is 2. The summed E-state index contributed by atoms with van der Waals surface area (Å²) in [4.78, 5) is 15.8. The lowest BCUT2D eigenvalue weighted by atomic mass is 10.3. The van der Waals surface area contributed by atoms with Gasteiger partial charge in [-0.05, 0) is 25.3 Å². The van der Waals surface area contributed by atoms with Gasteiger partial charge in [0.25, 0.3) is 0 Å². The lowest BCUT2D eigenvalue weighted by Crippen LogP contribution is -2.38. The number of nitrogens with one attached hydrogen (secondary N) is 1. The molecule has 0 aromatic heterocycles. The van der Waals surface area contributed by atoms with Crippen LogP contribution in [0.1, 0.15) is 39.0 Å². The maximum Gasteiger partial charge on any atom is 0.224 e.